The Morgan fingerprint density at radius 3 is 2.74 bits per heavy atom. The second kappa shape index (κ2) is 5.03. The Kier molecular flexibility index (Phi) is 3.23. The number of carbonyl (C=O) groups excluding carboxylic acids is 2. The molecule has 0 radical (unpaired) electrons. The van der Waals surface area contributed by atoms with E-state index in [1.165, 1.54) is 0 Å². The summed E-state index contributed by atoms with van der Waals surface area (Å²) in [4.78, 5) is 25.4. The van der Waals surface area contributed by atoms with Gasteiger partial charge in [0.25, 0.3) is 0 Å². The van der Waals surface area contributed by atoms with Crippen LogP contribution in [-0.4, -0.2) is 36.3 Å². The minimum atomic E-state index is -0.108. The molecular formula is C15H17NO3. The molecule has 1 saturated heterocycles. The van der Waals surface area contributed by atoms with Crippen LogP contribution in [0.5, 0.6) is 5.75 Å². The lowest BCUT2D eigenvalue weighted by Crippen LogP contribution is -2.44. The molecule has 19 heavy (non-hydrogen) atoms. The Morgan fingerprint density at radius 2 is 1.95 bits per heavy atom. The number of ether oxygens (including phenoxy) is 1. The monoisotopic (exact) mass is 259 g/mol. The van der Waals surface area contributed by atoms with Gasteiger partial charge in [-0.1, -0.05) is 18.2 Å². The fraction of sp³-hybridized carbons (Fsp3) is 0.467. The first-order valence-corrected chi connectivity index (χ1v) is 6.75. The number of ketones is 1. The predicted octanol–water partition coefficient (Wildman–Crippen LogP) is 1.43. The second-order valence-corrected chi connectivity index (χ2v) is 5.18. The van der Waals surface area contributed by atoms with E-state index in [9.17, 15) is 9.59 Å². The van der Waals surface area contributed by atoms with Gasteiger partial charge < -0.3 is 9.64 Å². The normalized spacial score (nSPS) is 22.6. The summed E-state index contributed by atoms with van der Waals surface area (Å²) < 4.78 is 5.65. The molecule has 4 nitrogen and oxygen atoms in total. The van der Waals surface area contributed by atoms with E-state index in [2.05, 4.69) is 0 Å². The molecule has 0 saturated carbocycles. The molecule has 2 aliphatic rings. The lowest BCUT2D eigenvalue weighted by atomic mass is 9.94. The van der Waals surface area contributed by atoms with Crippen LogP contribution in [0.25, 0.3) is 0 Å². The van der Waals surface area contributed by atoms with Gasteiger partial charge in [-0.25, -0.2) is 0 Å². The lowest BCUT2D eigenvalue weighted by molar-refractivity contribution is -0.139. The van der Waals surface area contributed by atoms with Crippen LogP contribution in [0.4, 0.5) is 0 Å². The van der Waals surface area contributed by atoms with Gasteiger partial charge >= 0.3 is 0 Å². The standard InChI is InChI=1S/C15H17NO3/c17-13-5-7-16(8-6-13)15(18)12-9-11-3-1-2-4-14(11)19-10-12/h1-4,12H,5-10H2/t12-/m0/s1. The highest BCUT2D eigenvalue weighted by Crippen LogP contribution is 2.28. The summed E-state index contributed by atoms with van der Waals surface area (Å²) in [6.45, 7) is 1.58. The summed E-state index contributed by atoms with van der Waals surface area (Å²) in [7, 11) is 0. The van der Waals surface area contributed by atoms with E-state index in [1.807, 2.05) is 29.2 Å². The van der Waals surface area contributed by atoms with Crippen LogP contribution >= 0.6 is 0 Å². The van der Waals surface area contributed by atoms with Gasteiger partial charge in [0.05, 0.1) is 5.92 Å². The minimum Gasteiger partial charge on any atom is -0.492 e. The van der Waals surface area contributed by atoms with E-state index in [4.69, 9.17) is 4.74 Å². The van der Waals surface area contributed by atoms with Gasteiger partial charge in [-0.3, -0.25) is 9.59 Å². The Bertz CT molecular complexity index is 502. The highest BCUT2D eigenvalue weighted by atomic mass is 16.5. The number of hydrogen-bond acceptors (Lipinski definition) is 3. The number of piperidine rings is 1. The van der Waals surface area contributed by atoms with Crippen LogP contribution in [0.1, 0.15) is 18.4 Å². The van der Waals surface area contributed by atoms with Gasteiger partial charge in [0, 0.05) is 25.9 Å². The molecule has 1 aromatic rings. The SMILES string of the molecule is O=C1CCN(C(=O)[C@@H]2COc3ccccc3C2)CC1. The van der Waals surface area contributed by atoms with Crippen LogP contribution in [0.3, 0.4) is 0 Å². The molecule has 0 aromatic heterocycles. The van der Waals surface area contributed by atoms with Crippen LogP contribution in [-0.2, 0) is 16.0 Å². The van der Waals surface area contributed by atoms with E-state index >= 15 is 0 Å². The predicted molar refractivity (Wildman–Crippen MR) is 70.0 cm³/mol. The average Bonchev–Trinajstić information content (AvgIpc) is 2.47. The van der Waals surface area contributed by atoms with Crippen molar-refractivity contribution in [2.75, 3.05) is 19.7 Å². The van der Waals surface area contributed by atoms with Gasteiger partial charge in [-0.05, 0) is 18.1 Å². The van der Waals surface area contributed by atoms with Crippen molar-refractivity contribution >= 4 is 11.7 Å². The zero-order chi connectivity index (χ0) is 13.2. The van der Waals surface area contributed by atoms with Crippen molar-refractivity contribution < 1.29 is 14.3 Å². The van der Waals surface area contributed by atoms with Gasteiger partial charge in [-0.2, -0.15) is 0 Å². The number of nitrogens with zero attached hydrogens (tertiary/aromatic N) is 1. The molecule has 0 N–H and O–H groups in total. The largest absolute Gasteiger partial charge is 0.492 e. The number of likely N-dealkylation sites (tertiary alicyclic amines) is 1. The van der Waals surface area contributed by atoms with Crippen molar-refractivity contribution in [1.29, 1.82) is 0 Å². The topological polar surface area (TPSA) is 46.6 Å². The van der Waals surface area contributed by atoms with Crippen molar-refractivity contribution in [1.82, 2.24) is 4.90 Å². The average molecular weight is 259 g/mol. The first-order valence-electron chi connectivity index (χ1n) is 6.75. The molecule has 0 aliphatic carbocycles. The fourth-order valence-corrected chi connectivity index (χ4v) is 2.72. The summed E-state index contributed by atoms with van der Waals surface area (Å²) >= 11 is 0. The van der Waals surface area contributed by atoms with E-state index in [0.29, 0.717) is 32.5 Å². The van der Waals surface area contributed by atoms with E-state index in [1.54, 1.807) is 0 Å². The van der Waals surface area contributed by atoms with Crippen molar-refractivity contribution in [3.63, 3.8) is 0 Å². The third-order valence-electron chi connectivity index (χ3n) is 3.86. The first kappa shape index (κ1) is 12.2. The zero-order valence-electron chi connectivity index (χ0n) is 10.8. The molecule has 3 rings (SSSR count). The molecule has 100 valence electrons. The summed E-state index contributed by atoms with van der Waals surface area (Å²) in [6.07, 6.45) is 1.73. The molecule has 1 amide bonds. The maximum atomic E-state index is 12.4. The maximum absolute atomic E-state index is 12.4. The lowest BCUT2D eigenvalue weighted by Gasteiger charge is -2.32. The smallest absolute Gasteiger partial charge is 0.229 e. The molecule has 1 aromatic carbocycles. The maximum Gasteiger partial charge on any atom is 0.229 e. The quantitative estimate of drug-likeness (QED) is 0.766. The minimum absolute atomic E-state index is 0.108. The fourth-order valence-electron chi connectivity index (χ4n) is 2.72. The summed E-state index contributed by atoms with van der Waals surface area (Å²) in [5.74, 6) is 1.17. The molecule has 0 spiro atoms. The van der Waals surface area contributed by atoms with Crippen LogP contribution in [0.15, 0.2) is 24.3 Å². The van der Waals surface area contributed by atoms with Crippen LogP contribution in [0, 0.1) is 5.92 Å². The Labute approximate surface area is 112 Å². The number of benzene rings is 1. The first-order chi connectivity index (χ1) is 9.24. The zero-order valence-corrected chi connectivity index (χ0v) is 10.8. The van der Waals surface area contributed by atoms with Gasteiger partial charge in [0.1, 0.15) is 18.1 Å². The van der Waals surface area contributed by atoms with Gasteiger partial charge in [0.2, 0.25) is 5.91 Å². The molecule has 1 fully saturated rings. The third-order valence-corrected chi connectivity index (χ3v) is 3.86. The number of fused-ring (bicyclic) bond motifs is 1. The summed E-state index contributed by atoms with van der Waals surface area (Å²) in [5, 5.41) is 0. The van der Waals surface area contributed by atoms with E-state index in [-0.39, 0.29) is 17.6 Å². The second-order valence-electron chi connectivity index (χ2n) is 5.18. The van der Waals surface area contributed by atoms with Crippen molar-refractivity contribution in [3.05, 3.63) is 29.8 Å². The van der Waals surface area contributed by atoms with Crippen molar-refractivity contribution in [2.45, 2.75) is 19.3 Å². The molecule has 0 bridgehead atoms. The Hall–Kier alpha value is -1.84. The number of hydrogen-bond donors (Lipinski definition) is 0. The van der Waals surface area contributed by atoms with Crippen molar-refractivity contribution in [2.24, 2.45) is 5.92 Å². The summed E-state index contributed by atoms with van der Waals surface area (Å²) in [6, 6.07) is 7.86. The molecular weight excluding hydrogens is 242 g/mol. The highest BCUT2D eigenvalue weighted by molar-refractivity contribution is 5.84. The molecule has 2 heterocycles. The Balaban J connectivity index is 1.67. The summed E-state index contributed by atoms with van der Waals surface area (Å²) in [5.41, 5.74) is 1.10. The Morgan fingerprint density at radius 1 is 1.21 bits per heavy atom. The van der Waals surface area contributed by atoms with Crippen molar-refractivity contribution in [3.8, 4) is 5.75 Å². The van der Waals surface area contributed by atoms with Crippen LogP contribution < -0.4 is 4.74 Å². The number of Topliss-reactive ketones (excluding diaryl/α,β-unsaturated/α-hetero) is 1. The molecule has 4 heteroatoms. The van der Waals surface area contributed by atoms with Gasteiger partial charge in [-0.15, -0.1) is 0 Å². The molecule has 0 unspecified atom stereocenters. The third kappa shape index (κ3) is 2.48. The van der Waals surface area contributed by atoms with Crippen LogP contribution in [0.2, 0.25) is 0 Å². The molecule has 1 atom stereocenters. The van der Waals surface area contributed by atoms with Gasteiger partial charge in [0.15, 0.2) is 0 Å². The number of rotatable bonds is 1. The highest BCUT2D eigenvalue weighted by Gasteiger charge is 2.31. The number of para-hydroxylation sites is 1. The molecule has 2 aliphatic heterocycles. The van der Waals surface area contributed by atoms with E-state index < -0.39 is 0 Å². The number of carbonyl (C=O) groups is 2. The van der Waals surface area contributed by atoms with E-state index in [0.717, 1.165) is 17.7 Å². The number of amides is 1.